The third-order valence-corrected chi connectivity index (χ3v) is 3.84. The van der Waals surface area contributed by atoms with Crippen molar-refractivity contribution in [3.05, 3.63) is 64.2 Å². The number of hydrogen-bond donors (Lipinski definition) is 0. The van der Waals surface area contributed by atoms with Crippen LogP contribution in [0.5, 0.6) is 11.5 Å². The molecule has 0 amide bonds. The number of ether oxygens (including phenoxy) is 2. The Bertz CT molecular complexity index is 712. The monoisotopic (exact) mass is 330 g/mol. The van der Waals surface area contributed by atoms with E-state index in [4.69, 9.17) is 21.1 Å². The molecule has 0 atom stereocenters. The van der Waals surface area contributed by atoms with Crippen molar-refractivity contribution in [3.8, 4) is 11.5 Å². The number of halogens is 1. The van der Waals surface area contributed by atoms with Gasteiger partial charge < -0.3 is 9.47 Å². The van der Waals surface area contributed by atoms with Gasteiger partial charge in [-0.25, -0.2) is 4.79 Å². The van der Waals surface area contributed by atoms with E-state index >= 15 is 0 Å². The lowest BCUT2D eigenvalue weighted by Crippen LogP contribution is -2.04. The van der Waals surface area contributed by atoms with Crippen LogP contribution in [0.2, 0.25) is 5.02 Å². The Labute approximate surface area is 141 Å². The van der Waals surface area contributed by atoms with Gasteiger partial charge in [-0.2, -0.15) is 0 Å². The Morgan fingerprint density at radius 2 is 1.83 bits per heavy atom. The van der Waals surface area contributed by atoms with Crippen LogP contribution in [0, 0.1) is 13.8 Å². The van der Waals surface area contributed by atoms with Crippen molar-refractivity contribution in [2.75, 3.05) is 6.61 Å². The lowest BCUT2D eigenvalue weighted by Gasteiger charge is -2.08. The molecule has 0 aliphatic carbocycles. The summed E-state index contributed by atoms with van der Waals surface area (Å²) < 4.78 is 10.8. The van der Waals surface area contributed by atoms with E-state index in [1.165, 1.54) is 6.08 Å². The molecule has 0 aliphatic rings. The largest absolute Gasteiger partial charge is 0.493 e. The summed E-state index contributed by atoms with van der Waals surface area (Å²) in [5.74, 6) is 0.770. The van der Waals surface area contributed by atoms with E-state index in [0.717, 1.165) is 22.4 Å². The summed E-state index contributed by atoms with van der Waals surface area (Å²) in [5, 5.41) is 0.686. The van der Waals surface area contributed by atoms with Crippen molar-refractivity contribution in [3.63, 3.8) is 0 Å². The average molecular weight is 331 g/mol. The van der Waals surface area contributed by atoms with E-state index in [9.17, 15) is 4.79 Å². The normalized spacial score (nSPS) is 10.8. The van der Waals surface area contributed by atoms with Crippen LogP contribution < -0.4 is 9.47 Å². The van der Waals surface area contributed by atoms with Gasteiger partial charge in [-0.1, -0.05) is 29.8 Å². The first-order valence-corrected chi connectivity index (χ1v) is 7.77. The van der Waals surface area contributed by atoms with E-state index in [1.807, 2.05) is 45.0 Å². The number of carbonyl (C=O) groups excluding carboxylic acids is 1. The fourth-order valence-electron chi connectivity index (χ4n) is 2.18. The van der Waals surface area contributed by atoms with E-state index in [0.29, 0.717) is 17.4 Å². The minimum Gasteiger partial charge on any atom is -0.493 e. The summed E-state index contributed by atoms with van der Waals surface area (Å²) in [5.41, 5.74) is 2.58. The quantitative estimate of drug-likeness (QED) is 0.441. The number of hydrogen-bond acceptors (Lipinski definition) is 3. The standard InChI is InChI=1S/C19H19ClO3/c1-4-22-17-8-6-5-7-15(17)9-10-18(21)23-16-11-13(2)19(20)14(3)12-16/h5-12H,4H2,1-3H3/b10-9+. The maximum absolute atomic E-state index is 12.0. The summed E-state index contributed by atoms with van der Waals surface area (Å²) in [4.78, 5) is 12.0. The first-order chi connectivity index (χ1) is 11.0. The molecule has 0 aromatic heterocycles. The van der Waals surface area contributed by atoms with Gasteiger partial charge in [0, 0.05) is 16.7 Å². The summed E-state index contributed by atoms with van der Waals surface area (Å²) in [6.07, 6.45) is 3.07. The molecule has 0 fully saturated rings. The van der Waals surface area contributed by atoms with Gasteiger partial charge in [-0.15, -0.1) is 0 Å². The van der Waals surface area contributed by atoms with Crippen LogP contribution >= 0.6 is 11.6 Å². The van der Waals surface area contributed by atoms with Gasteiger partial charge >= 0.3 is 5.97 Å². The second-order valence-corrected chi connectivity index (χ2v) is 5.47. The van der Waals surface area contributed by atoms with Crippen LogP contribution in [0.1, 0.15) is 23.6 Å². The highest BCUT2D eigenvalue weighted by Gasteiger charge is 2.07. The van der Waals surface area contributed by atoms with Crippen LogP contribution in [0.3, 0.4) is 0 Å². The number of benzene rings is 2. The topological polar surface area (TPSA) is 35.5 Å². The number of carbonyl (C=O) groups is 1. The van der Waals surface area contributed by atoms with Crippen LogP contribution in [0.25, 0.3) is 6.08 Å². The molecule has 0 aliphatic heterocycles. The molecular weight excluding hydrogens is 312 g/mol. The molecule has 0 heterocycles. The third kappa shape index (κ3) is 4.60. The van der Waals surface area contributed by atoms with Crippen molar-refractivity contribution < 1.29 is 14.3 Å². The lowest BCUT2D eigenvalue weighted by molar-refractivity contribution is -0.128. The predicted molar refractivity (Wildman–Crippen MR) is 93.2 cm³/mol. The summed E-state index contributed by atoms with van der Waals surface area (Å²) in [7, 11) is 0. The Kier molecular flexibility index (Phi) is 5.83. The fraction of sp³-hybridized carbons (Fsp3) is 0.211. The second kappa shape index (κ2) is 7.84. The fourth-order valence-corrected chi connectivity index (χ4v) is 2.29. The van der Waals surface area contributed by atoms with Crippen LogP contribution in [0.15, 0.2) is 42.5 Å². The molecule has 0 spiro atoms. The zero-order valence-corrected chi connectivity index (χ0v) is 14.2. The van der Waals surface area contributed by atoms with Gasteiger partial charge in [-0.3, -0.25) is 0 Å². The minimum absolute atomic E-state index is 0.447. The number of aryl methyl sites for hydroxylation is 2. The number of esters is 1. The van der Waals surface area contributed by atoms with E-state index in [-0.39, 0.29) is 0 Å². The van der Waals surface area contributed by atoms with Crippen LogP contribution in [-0.2, 0) is 4.79 Å². The maximum Gasteiger partial charge on any atom is 0.336 e. The summed E-state index contributed by atoms with van der Waals surface area (Å²) in [6, 6.07) is 11.0. The SMILES string of the molecule is CCOc1ccccc1/C=C/C(=O)Oc1cc(C)c(Cl)c(C)c1. The first kappa shape index (κ1) is 17.1. The highest BCUT2D eigenvalue weighted by molar-refractivity contribution is 6.32. The van der Waals surface area contributed by atoms with Crippen molar-refractivity contribution in [2.24, 2.45) is 0 Å². The Morgan fingerprint density at radius 3 is 2.48 bits per heavy atom. The molecule has 2 aromatic carbocycles. The average Bonchev–Trinajstić information content (AvgIpc) is 2.52. The zero-order chi connectivity index (χ0) is 16.8. The molecule has 2 rings (SSSR count). The van der Waals surface area contributed by atoms with Gasteiger partial charge in [0.15, 0.2) is 0 Å². The second-order valence-electron chi connectivity index (χ2n) is 5.10. The van der Waals surface area contributed by atoms with E-state index in [2.05, 4.69) is 0 Å². The highest BCUT2D eigenvalue weighted by Crippen LogP contribution is 2.26. The molecule has 120 valence electrons. The van der Waals surface area contributed by atoms with Gasteiger partial charge in [0.25, 0.3) is 0 Å². The van der Waals surface area contributed by atoms with E-state index < -0.39 is 5.97 Å². The lowest BCUT2D eigenvalue weighted by atomic mass is 10.1. The summed E-state index contributed by atoms with van der Waals surface area (Å²) >= 11 is 6.11. The molecule has 0 N–H and O–H groups in total. The third-order valence-electron chi connectivity index (χ3n) is 3.25. The number of rotatable bonds is 5. The Morgan fingerprint density at radius 1 is 1.17 bits per heavy atom. The summed E-state index contributed by atoms with van der Waals surface area (Å²) in [6.45, 7) is 6.24. The van der Waals surface area contributed by atoms with E-state index in [1.54, 1.807) is 18.2 Å². The highest BCUT2D eigenvalue weighted by atomic mass is 35.5. The zero-order valence-electron chi connectivity index (χ0n) is 13.4. The van der Waals surface area contributed by atoms with Gasteiger partial charge in [0.1, 0.15) is 11.5 Å². The smallest absolute Gasteiger partial charge is 0.336 e. The van der Waals surface area contributed by atoms with Crippen LogP contribution in [-0.4, -0.2) is 12.6 Å². The molecule has 0 radical (unpaired) electrons. The molecule has 2 aromatic rings. The molecule has 4 heteroatoms. The minimum atomic E-state index is -0.447. The first-order valence-electron chi connectivity index (χ1n) is 7.39. The molecule has 0 saturated carbocycles. The maximum atomic E-state index is 12.0. The molecular formula is C19H19ClO3. The Hall–Kier alpha value is -2.26. The van der Waals surface area contributed by atoms with Crippen molar-refractivity contribution in [2.45, 2.75) is 20.8 Å². The Balaban J connectivity index is 2.11. The van der Waals surface area contributed by atoms with Gasteiger partial charge in [0.05, 0.1) is 6.61 Å². The van der Waals surface area contributed by atoms with Crippen molar-refractivity contribution in [1.29, 1.82) is 0 Å². The molecule has 23 heavy (non-hydrogen) atoms. The predicted octanol–water partition coefficient (Wildman–Crippen LogP) is 4.97. The van der Waals surface area contributed by atoms with Gasteiger partial charge in [-0.05, 0) is 56.2 Å². The van der Waals surface area contributed by atoms with Gasteiger partial charge in [0.2, 0.25) is 0 Å². The molecule has 0 saturated heterocycles. The number of para-hydroxylation sites is 1. The molecule has 0 unspecified atom stereocenters. The molecule has 3 nitrogen and oxygen atoms in total. The molecule has 0 bridgehead atoms. The van der Waals surface area contributed by atoms with Crippen molar-refractivity contribution >= 4 is 23.6 Å². The van der Waals surface area contributed by atoms with Crippen molar-refractivity contribution in [1.82, 2.24) is 0 Å². The van der Waals surface area contributed by atoms with Crippen LogP contribution in [0.4, 0.5) is 0 Å².